The van der Waals surface area contributed by atoms with Crippen molar-refractivity contribution in [1.29, 1.82) is 5.26 Å². The summed E-state index contributed by atoms with van der Waals surface area (Å²) in [6.45, 7) is 0. The second kappa shape index (κ2) is 5.53. The van der Waals surface area contributed by atoms with Gasteiger partial charge in [-0.3, -0.25) is 0 Å². The fourth-order valence-electron chi connectivity index (χ4n) is 2.04. The zero-order valence-electron chi connectivity index (χ0n) is 10.9. The third kappa shape index (κ3) is 2.74. The number of aromatic nitrogens is 2. The Kier molecular flexibility index (Phi) is 3.81. The molecule has 0 spiro atoms. The zero-order valence-corrected chi connectivity index (χ0v) is 10.9. The van der Waals surface area contributed by atoms with Crippen LogP contribution in [0.3, 0.4) is 0 Å². The second-order valence-electron chi connectivity index (χ2n) is 4.22. The molecule has 0 fully saturated rings. The molecule has 0 N–H and O–H groups in total. The first kappa shape index (κ1) is 13.1. The van der Waals surface area contributed by atoms with E-state index in [9.17, 15) is 4.39 Å². The van der Waals surface area contributed by atoms with Gasteiger partial charge in [-0.2, -0.15) is 5.26 Å². The summed E-state index contributed by atoms with van der Waals surface area (Å²) in [5.74, 6) is 0.364. The van der Waals surface area contributed by atoms with Gasteiger partial charge in [0.05, 0.1) is 19.1 Å². The molecular formula is C14H14FN3O. The lowest BCUT2D eigenvalue weighted by atomic mass is 10.1. The van der Waals surface area contributed by atoms with E-state index < -0.39 is 0 Å². The van der Waals surface area contributed by atoms with Crippen molar-refractivity contribution in [2.75, 3.05) is 7.11 Å². The van der Waals surface area contributed by atoms with Crippen molar-refractivity contribution >= 4 is 0 Å². The molecule has 1 aromatic heterocycles. The van der Waals surface area contributed by atoms with Gasteiger partial charge in [0.1, 0.15) is 17.6 Å². The van der Waals surface area contributed by atoms with Gasteiger partial charge in [0, 0.05) is 7.05 Å². The highest BCUT2D eigenvalue weighted by Crippen LogP contribution is 2.21. The molecule has 0 aliphatic carbocycles. The molecule has 0 unspecified atom stereocenters. The van der Waals surface area contributed by atoms with Crippen LogP contribution in [-0.2, 0) is 19.9 Å². The van der Waals surface area contributed by atoms with Crippen molar-refractivity contribution in [3.05, 3.63) is 47.3 Å². The van der Waals surface area contributed by atoms with E-state index in [-0.39, 0.29) is 5.82 Å². The number of hydrogen-bond acceptors (Lipinski definition) is 3. The van der Waals surface area contributed by atoms with E-state index in [1.807, 2.05) is 11.6 Å². The van der Waals surface area contributed by atoms with Crippen LogP contribution in [0.15, 0.2) is 24.5 Å². The summed E-state index contributed by atoms with van der Waals surface area (Å²) < 4.78 is 20.3. The lowest BCUT2D eigenvalue weighted by Gasteiger charge is -2.09. The van der Waals surface area contributed by atoms with Crippen LogP contribution in [0.5, 0.6) is 5.75 Å². The van der Waals surface area contributed by atoms with E-state index in [4.69, 9.17) is 10.00 Å². The van der Waals surface area contributed by atoms with E-state index in [1.165, 1.54) is 12.1 Å². The van der Waals surface area contributed by atoms with Gasteiger partial charge in [-0.15, -0.1) is 0 Å². The van der Waals surface area contributed by atoms with Crippen LogP contribution in [0.1, 0.15) is 17.0 Å². The molecule has 0 aliphatic rings. The first-order chi connectivity index (χ1) is 9.15. The number of aryl methyl sites for hydroxylation is 2. The van der Waals surface area contributed by atoms with Crippen LogP contribution in [0.25, 0.3) is 0 Å². The molecule has 98 valence electrons. The summed E-state index contributed by atoms with van der Waals surface area (Å²) in [6.07, 6.45) is 2.81. The van der Waals surface area contributed by atoms with Crippen LogP contribution < -0.4 is 4.74 Å². The minimum Gasteiger partial charge on any atom is -0.496 e. The molecular weight excluding hydrogens is 245 g/mol. The van der Waals surface area contributed by atoms with E-state index >= 15 is 0 Å². The maximum Gasteiger partial charge on any atom is 0.161 e. The average molecular weight is 259 g/mol. The van der Waals surface area contributed by atoms with Gasteiger partial charge in [0.15, 0.2) is 5.69 Å². The molecule has 0 saturated heterocycles. The Bertz CT molecular complexity index is 628. The Labute approximate surface area is 111 Å². The summed E-state index contributed by atoms with van der Waals surface area (Å²) >= 11 is 0. The predicted octanol–water partition coefficient (Wildman–Crippen LogP) is 2.22. The first-order valence-corrected chi connectivity index (χ1v) is 5.88. The van der Waals surface area contributed by atoms with Gasteiger partial charge in [-0.25, -0.2) is 9.37 Å². The molecule has 0 amide bonds. The Morgan fingerprint density at radius 1 is 1.42 bits per heavy atom. The van der Waals surface area contributed by atoms with Crippen LogP contribution in [0.2, 0.25) is 0 Å². The lowest BCUT2D eigenvalue weighted by Crippen LogP contribution is -2.02. The van der Waals surface area contributed by atoms with Gasteiger partial charge in [-0.1, -0.05) is 0 Å². The van der Waals surface area contributed by atoms with Gasteiger partial charge < -0.3 is 9.30 Å². The third-order valence-corrected chi connectivity index (χ3v) is 3.04. The monoisotopic (exact) mass is 259 g/mol. The van der Waals surface area contributed by atoms with Crippen molar-refractivity contribution < 1.29 is 9.13 Å². The van der Waals surface area contributed by atoms with Crippen molar-refractivity contribution in [3.8, 4) is 11.8 Å². The average Bonchev–Trinajstić information content (AvgIpc) is 2.77. The number of ether oxygens (including phenoxy) is 1. The normalized spacial score (nSPS) is 10.2. The maximum absolute atomic E-state index is 13.2. The number of hydrogen-bond donors (Lipinski definition) is 0. The molecule has 0 aliphatic heterocycles. The van der Waals surface area contributed by atoms with Crippen LogP contribution in [0.4, 0.5) is 4.39 Å². The molecule has 19 heavy (non-hydrogen) atoms. The molecule has 1 aromatic carbocycles. The zero-order chi connectivity index (χ0) is 13.8. The van der Waals surface area contributed by atoms with E-state index in [2.05, 4.69) is 11.1 Å². The number of nitriles is 1. The summed E-state index contributed by atoms with van der Waals surface area (Å²) in [4.78, 5) is 4.00. The van der Waals surface area contributed by atoms with E-state index in [0.29, 0.717) is 24.3 Å². The standard InChI is InChI=1S/C14H14FN3O/c1-18-9-17-12(8-16)13(18)5-3-10-7-11(15)4-6-14(10)19-2/h4,6-7,9H,3,5H2,1-2H3. The summed E-state index contributed by atoms with van der Waals surface area (Å²) in [5, 5.41) is 8.96. The fraction of sp³-hybridized carbons (Fsp3) is 0.286. The minimum atomic E-state index is -0.290. The van der Waals surface area contributed by atoms with Crippen LogP contribution >= 0.6 is 0 Å². The largest absolute Gasteiger partial charge is 0.496 e. The second-order valence-corrected chi connectivity index (χ2v) is 4.22. The molecule has 1 heterocycles. The number of nitrogens with zero attached hydrogens (tertiary/aromatic N) is 3. The van der Waals surface area contributed by atoms with E-state index in [1.54, 1.807) is 19.5 Å². The Morgan fingerprint density at radius 3 is 2.89 bits per heavy atom. The maximum atomic E-state index is 13.2. The number of halogens is 1. The van der Waals surface area contributed by atoms with Crippen LogP contribution in [0, 0.1) is 17.1 Å². The van der Waals surface area contributed by atoms with Gasteiger partial charge in [-0.05, 0) is 36.6 Å². The molecule has 2 rings (SSSR count). The van der Waals surface area contributed by atoms with Gasteiger partial charge in [0.2, 0.25) is 0 Å². The summed E-state index contributed by atoms with van der Waals surface area (Å²) in [6, 6.07) is 6.49. The van der Waals surface area contributed by atoms with Crippen LogP contribution in [-0.4, -0.2) is 16.7 Å². The smallest absolute Gasteiger partial charge is 0.161 e. The number of benzene rings is 1. The van der Waals surface area contributed by atoms with Gasteiger partial charge in [0.25, 0.3) is 0 Å². The molecule has 0 atom stereocenters. The highest BCUT2D eigenvalue weighted by Gasteiger charge is 2.11. The topological polar surface area (TPSA) is 50.8 Å². The lowest BCUT2D eigenvalue weighted by molar-refractivity contribution is 0.408. The predicted molar refractivity (Wildman–Crippen MR) is 68.3 cm³/mol. The first-order valence-electron chi connectivity index (χ1n) is 5.88. The molecule has 0 saturated carbocycles. The quantitative estimate of drug-likeness (QED) is 0.846. The fourth-order valence-corrected chi connectivity index (χ4v) is 2.04. The van der Waals surface area contributed by atoms with E-state index in [0.717, 1.165) is 11.3 Å². The van der Waals surface area contributed by atoms with Crippen molar-refractivity contribution in [1.82, 2.24) is 9.55 Å². The Balaban J connectivity index is 2.21. The van der Waals surface area contributed by atoms with Crippen molar-refractivity contribution in [2.24, 2.45) is 7.05 Å². The molecule has 2 aromatic rings. The summed E-state index contributed by atoms with van der Waals surface area (Å²) in [7, 11) is 3.40. The Morgan fingerprint density at radius 2 is 2.21 bits per heavy atom. The number of methoxy groups -OCH3 is 1. The number of imidazole rings is 1. The van der Waals surface area contributed by atoms with Gasteiger partial charge >= 0.3 is 0 Å². The highest BCUT2D eigenvalue weighted by atomic mass is 19.1. The third-order valence-electron chi connectivity index (χ3n) is 3.04. The Hall–Kier alpha value is -2.35. The molecule has 0 radical (unpaired) electrons. The highest BCUT2D eigenvalue weighted by molar-refractivity contribution is 5.35. The summed E-state index contributed by atoms with van der Waals surface area (Å²) in [5.41, 5.74) is 2.04. The molecule has 0 bridgehead atoms. The molecule has 5 heteroatoms. The van der Waals surface area contributed by atoms with Crippen molar-refractivity contribution in [2.45, 2.75) is 12.8 Å². The SMILES string of the molecule is COc1ccc(F)cc1CCc1c(C#N)ncn1C. The van der Waals surface area contributed by atoms with Crippen molar-refractivity contribution in [3.63, 3.8) is 0 Å². The molecule has 4 nitrogen and oxygen atoms in total. The number of rotatable bonds is 4. The minimum absolute atomic E-state index is 0.290.